The van der Waals surface area contributed by atoms with E-state index in [1.807, 2.05) is 31.5 Å². The summed E-state index contributed by atoms with van der Waals surface area (Å²) in [5.41, 5.74) is 2.08. The predicted molar refractivity (Wildman–Crippen MR) is 68.8 cm³/mol. The largest absolute Gasteiger partial charge is 0.376 e. The molecule has 0 amide bonds. The minimum absolute atomic E-state index is 0.736. The van der Waals surface area contributed by atoms with Crippen molar-refractivity contribution in [3.05, 3.63) is 42.2 Å². The molecule has 2 heterocycles. The monoisotopic (exact) mass is 230 g/mol. The fourth-order valence-corrected chi connectivity index (χ4v) is 1.80. The second-order valence-corrected chi connectivity index (χ2v) is 4.03. The topological polar surface area (TPSA) is 42.7 Å². The van der Waals surface area contributed by atoms with E-state index in [0.29, 0.717) is 0 Å². The molecular formula is C13H18N4. The van der Waals surface area contributed by atoms with E-state index in [1.165, 1.54) is 0 Å². The fourth-order valence-electron chi connectivity index (χ4n) is 1.80. The Morgan fingerprint density at radius 1 is 1.29 bits per heavy atom. The highest BCUT2D eigenvalue weighted by atomic mass is 15.1. The molecule has 0 aliphatic carbocycles. The van der Waals surface area contributed by atoms with Crippen molar-refractivity contribution >= 4 is 5.69 Å². The average Bonchev–Trinajstić information content (AvgIpc) is 2.76. The second kappa shape index (κ2) is 5.48. The summed E-state index contributed by atoms with van der Waals surface area (Å²) in [5.74, 6) is 1.06. The molecule has 17 heavy (non-hydrogen) atoms. The number of nitrogens with zero attached hydrogens (tertiary/aromatic N) is 3. The van der Waals surface area contributed by atoms with E-state index in [-0.39, 0.29) is 0 Å². The highest BCUT2D eigenvalue weighted by Crippen LogP contribution is 2.11. The van der Waals surface area contributed by atoms with Gasteiger partial charge in [0.25, 0.3) is 0 Å². The molecule has 0 aliphatic heterocycles. The van der Waals surface area contributed by atoms with Gasteiger partial charge < -0.3 is 9.88 Å². The van der Waals surface area contributed by atoms with E-state index < -0.39 is 0 Å². The Balaban J connectivity index is 2.02. The summed E-state index contributed by atoms with van der Waals surface area (Å²) in [5, 5.41) is 3.37. The van der Waals surface area contributed by atoms with Gasteiger partial charge in [0.2, 0.25) is 0 Å². The number of rotatable bonds is 5. The predicted octanol–water partition coefficient (Wildman–Crippen LogP) is 2.61. The van der Waals surface area contributed by atoms with Crippen molar-refractivity contribution in [1.29, 1.82) is 0 Å². The molecule has 1 N–H and O–H groups in total. The first-order valence-electron chi connectivity index (χ1n) is 5.96. The fraction of sp³-hybridized carbons (Fsp3) is 0.385. The number of anilines is 1. The van der Waals surface area contributed by atoms with Crippen molar-refractivity contribution in [2.45, 2.75) is 33.4 Å². The maximum atomic E-state index is 4.36. The van der Waals surface area contributed by atoms with E-state index in [1.54, 1.807) is 6.20 Å². The average molecular weight is 230 g/mol. The smallest absolute Gasteiger partial charge is 0.128 e. The minimum atomic E-state index is 0.736. The molecule has 0 spiro atoms. The van der Waals surface area contributed by atoms with Crippen molar-refractivity contribution in [2.24, 2.45) is 0 Å². The summed E-state index contributed by atoms with van der Waals surface area (Å²) in [4.78, 5) is 8.61. The lowest BCUT2D eigenvalue weighted by molar-refractivity contribution is 0.644. The van der Waals surface area contributed by atoms with E-state index in [4.69, 9.17) is 0 Å². The van der Waals surface area contributed by atoms with Crippen LogP contribution in [0.25, 0.3) is 0 Å². The highest BCUT2D eigenvalue weighted by molar-refractivity contribution is 5.46. The molecule has 0 saturated heterocycles. The summed E-state index contributed by atoms with van der Waals surface area (Å²) < 4.78 is 2.18. The van der Waals surface area contributed by atoms with Crippen LogP contribution in [0.5, 0.6) is 0 Å². The molecule has 0 atom stereocenters. The second-order valence-electron chi connectivity index (χ2n) is 4.03. The molecule has 90 valence electrons. The van der Waals surface area contributed by atoms with Gasteiger partial charge in [-0.05, 0) is 25.5 Å². The van der Waals surface area contributed by atoms with Crippen LogP contribution < -0.4 is 5.32 Å². The normalized spacial score (nSPS) is 10.5. The van der Waals surface area contributed by atoms with Crippen LogP contribution >= 0.6 is 0 Å². The number of pyridine rings is 1. The minimum Gasteiger partial charge on any atom is -0.376 e. The Kier molecular flexibility index (Phi) is 3.75. The van der Waals surface area contributed by atoms with Crippen molar-refractivity contribution < 1.29 is 0 Å². The molecule has 2 aromatic rings. The van der Waals surface area contributed by atoms with Crippen LogP contribution in [-0.2, 0) is 13.1 Å². The van der Waals surface area contributed by atoms with Crippen LogP contribution in [0.2, 0.25) is 0 Å². The van der Waals surface area contributed by atoms with Gasteiger partial charge >= 0.3 is 0 Å². The number of hydrogen-bond acceptors (Lipinski definition) is 3. The molecule has 0 bridgehead atoms. The van der Waals surface area contributed by atoms with Crippen molar-refractivity contribution in [3.8, 4) is 0 Å². The molecule has 2 rings (SSSR count). The summed E-state index contributed by atoms with van der Waals surface area (Å²) in [6.45, 7) is 5.92. The van der Waals surface area contributed by atoms with Gasteiger partial charge in [-0.25, -0.2) is 4.98 Å². The van der Waals surface area contributed by atoms with Gasteiger partial charge in [0.15, 0.2) is 0 Å². The van der Waals surface area contributed by atoms with Crippen LogP contribution in [0.3, 0.4) is 0 Å². The summed E-state index contributed by atoms with van der Waals surface area (Å²) in [6.07, 6.45) is 6.80. The van der Waals surface area contributed by atoms with Crippen LogP contribution in [0, 0.1) is 6.92 Å². The Hall–Kier alpha value is -1.84. The van der Waals surface area contributed by atoms with Crippen LogP contribution in [0.15, 0.2) is 30.7 Å². The van der Waals surface area contributed by atoms with Crippen LogP contribution in [0.1, 0.15) is 24.9 Å². The zero-order valence-corrected chi connectivity index (χ0v) is 10.3. The van der Waals surface area contributed by atoms with E-state index in [2.05, 4.69) is 26.8 Å². The van der Waals surface area contributed by atoms with Crippen LogP contribution in [0.4, 0.5) is 5.69 Å². The van der Waals surface area contributed by atoms with Gasteiger partial charge in [-0.1, -0.05) is 6.92 Å². The Labute approximate surface area is 102 Å². The molecule has 0 aromatic carbocycles. The highest BCUT2D eigenvalue weighted by Gasteiger charge is 2.03. The third-order valence-corrected chi connectivity index (χ3v) is 2.71. The Morgan fingerprint density at radius 3 is 2.94 bits per heavy atom. The van der Waals surface area contributed by atoms with Crippen LogP contribution in [-0.4, -0.2) is 14.5 Å². The van der Waals surface area contributed by atoms with Crippen molar-refractivity contribution in [1.82, 2.24) is 14.5 Å². The lowest BCUT2D eigenvalue weighted by atomic mass is 10.3. The zero-order valence-electron chi connectivity index (χ0n) is 10.3. The van der Waals surface area contributed by atoms with E-state index >= 15 is 0 Å². The number of imidazole rings is 1. The summed E-state index contributed by atoms with van der Waals surface area (Å²) in [7, 11) is 0. The molecule has 2 aromatic heterocycles. The number of aryl methyl sites for hydroxylation is 2. The van der Waals surface area contributed by atoms with Gasteiger partial charge in [-0.15, -0.1) is 0 Å². The number of aromatic nitrogens is 3. The maximum absolute atomic E-state index is 4.36. The first-order chi connectivity index (χ1) is 8.31. The lowest BCUT2D eigenvalue weighted by Gasteiger charge is -2.10. The van der Waals surface area contributed by atoms with E-state index in [0.717, 1.165) is 36.7 Å². The molecule has 4 nitrogen and oxygen atoms in total. The van der Waals surface area contributed by atoms with Gasteiger partial charge in [-0.2, -0.15) is 0 Å². The first-order valence-corrected chi connectivity index (χ1v) is 5.96. The van der Waals surface area contributed by atoms with Crippen molar-refractivity contribution in [2.75, 3.05) is 5.32 Å². The van der Waals surface area contributed by atoms with Crippen molar-refractivity contribution in [3.63, 3.8) is 0 Å². The third kappa shape index (κ3) is 2.84. The van der Waals surface area contributed by atoms with Gasteiger partial charge in [-0.3, -0.25) is 4.98 Å². The zero-order chi connectivity index (χ0) is 12.1. The standard InChI is InChI=1S/C13H18N4/c1-3-8-17-9-7-15-13(17)10-16-12-5-4-6-14-11(12)2/h4-7,9,16H,3,8,10H2,1-2H3. The van der Waals surface area contributed by atoms with Gasteiger partial charge in [0, 0.05) is 25.1 Å². The summed E-state index contributed by atoms with van der Waals surface area (Å²) in [6, 6.07) is 3.98. The molecule has 0 unspecified atom stereocenters. The number of nitrogens with one attached hydrogen (secondary N) is 1. The molecule has 0 fully saturated rings. The molecule has 0 aliphatic rings. The molecular weight excluding hydrogens is 212 g/mol. The Morgan fingerprint density at radius 2 is 2.18 bits per heavy atom. The first kappa shape index (κ1) is 11.6. The van der Waals surface area contributed by atoms with Gasteiger partial charge in [0.05, 0.1) is 17.9 Å². The lowest BCUT2D eigenvalue weighted by Crippen LogP contribution is -2.09. The van der Waals surface area contributed by atoms with E-state index in [9.17, 15) is 0 Å². The third-order valence-electron chi connectivity index (χ3n) is 2.71. The molecule has 0 saturated carbocycles. The molecule has 4 heteroatoms. The van der Waals surface area contributed by atoms with Gasteiger partial charge in [0.1, 0.15) is 5.82 Å². The summed E-state index contributed by atoms with van der Waals surface area (Å²) >= 11 is 0. The SMILES string of the molecule is CCCn1ccnc1CNc1cccnc1C. The molecule has 0 radical (unpaired) electrons. The maximum Gasteiger partial charge on any atom is 0.128 e. The Bertz CT molecular complexity index is 476. The quantitative estimate of drug-likeness (QED) is 0.858. The number of hydrogen-bond donors (Lipinski definition) is 1.